The van der Waals surface area contributed by atoms with E-state index in [1.807, 2.05) is 0 Å². The maximum Gasteiger partial charge on any atom is 0.233 e. The molecule has 1 aromatic carbocycles. The van der Waals surface area contributed by atoms with Crippen LogP contribution in [0.3, 0.4) is 0 Å². The van der Waals surface area contributed by atoms with Gasteiger partial charge in [-0.25, -0.2) is 0 Å². The number of hydrogen-bond donors (Lipinski definition) is 4. The Morgan fingerprint density at radius 3 is 2.47 bits per heavy atom. The van der Waals surface area contributed by atoms with Crippen LogP contribution in [0, 0.1) is 5.41 Å². The second-order valence-corrected chi connectivity index (χ2v) is 4.78. The summed E-state index contributed by atoms with van der Waals surface area (Å²) in [5.41, 5.74) is 5.41. The fraction of sp³-hybridized carbons (Fsp3) is 0.385. The van der Waals surface area contributed by atoms with Gasteiger partial charge in [0.15, 0.2) is 5.84 Å². The van der Waals surface area contributed by atoms with Crippen molar-refractivity contribution >= 4 is 11.7 Å². The van der Waals surface area contributed by atoms with Gasteiger partial charge >= 0.3 is 0 Å². The molecule has 5 N–H and O–H groups in total. The topological polar surface area (TPSA) is 108 Å². The predicted octanol–water partition coefficient (Wildman–Crippen LogP) is 0.823. The van der Waals surface area contributed by atoms with Gasteiger partial charge in [0.05, 0.1) is 0 Å². The molecule has 1 aromatic rings. The van der Waals surface area contributed by atoms with Crippen LogP contribution in [-0.2, 0) is 11.2 Å². The molecule has 0 saturated carbocycles. The quantitative estimate of drug-likeness (QED) is 0.273. The SMILES string of the molecule is CC(C)(C(=O)NCCc1ccc(O)cc1)C(N)=NO. The van der Waals surface area contributed by atoms with Gasteiger partial charge in [-0.05, 0) is 38.0 Å². The molecule has 19 heavy (non-hydrogen) atoms. The van der Waals surface area contributed by atoms with E-state index in [1.165, 1.54) is 0 Å². The van der Waals surface area contributed by atoms with Crippen molar-refractivity contribution in [2.24, 2.45) is 16.3 Å². The summed E-state index contributed by atoms with van der Waals surface area (Å²) in [6, 6.07) is 6.77. The van der Waals surface area contributed by atoms with Crippen LogP contribution in [0.4, 0.5) is 0 Å². The van der Waals surface area contributed by atoms with E-state index in [0.29, 0.717) is 13.0 Å². The van der Waals surface area contributed by atoms with E-state index in [1.54, 1.807) is 38.1 Å². The number of nitrogens with two attached hydrogens (primary N) is 1. The Labute approximate surface area is 111 Å². The van der Waals surface area contributed by atoms with Gasteiger partial charge in [0.25, 0.3) is 0 Å². The van der Waals surface area contributed by atoms with Gasteiger partial charge < -0.3 is 21.4 Å². The van der Waals surface area contributed by atoms with Crippen LogP contribution in [0.25, 0.3) is 0 Å². The summed E-state index contributed by atoms with van der Waals surface area (Å²) in [4.78, 5) is 11.9. The number of nitrogens with zero attached hydrogens (tertiary/aromatic N) is 1. The van der Waals surface area contributed by atoms with Crippen LogP contribution in [0.1, 0.15) is 19.4 Å². The second-order valence-electron chi connectivity index (χ2n) is 4.78. The van der Waals surface area contributed by atoms with E-state index in [0.717, 1.165) is 5.56 Å². The molecular formula is C13H19N3O3. The Bertz CT molecular complexity index is 467. The molecule has 0 aromatic heterocycles. The van der Waals surface area contributed by atoms with Gasteiger partial charge in [-0.15, -0.1) is 0 Å². The van der Waals surface area contributed by atoms with Gasteiger partial charge in [-0.1, -0.05) is 17.3 Å². The lowest BCUT2D eigenvalue weighted by atomic mass is 9.91. The fourth-order valence-corrected chi connectivity index (χ4v) is 1.45. The maximum atomic E-state index is 11.9. The van der Waals surface area contributed by atoms with Crippen molar-refractivity contribution in [1.82, 2.24) is 5.32 Å². The number of phenols is 1. The molecule has 0 saturated heterocycles. The van der Waals surface area contributed by atoms with Crippen molar-refractivity contribution in [3.05, 3.63) is 29.8 Å². The number of rotatable bonds is 5. The normalized spacial score (nSPS) is 12.2. The first-order chi connectivity index (χ1) is 8.87. The summed E-state index contributed by atoms with van der Waals surface area (Å²) in [6.07, 6.45) is 0.637. The summed E-state index contributed by atoms with van der Waals surface area (Å²) in [7, 11) is 0. The van der Waals surface area contributed by atoms with E-state index < -0.39 is 5.41 Å². The zero-order valence-corrected chi connectivity index (χ0v) is 11.1. The van der Waals surface area contributed by atoms with Gasteiger partial charge in [-0.2, -0.15) is 0 Å². The van der Waals surface area contributed by atoms with Crippen molar-refractivity contribution in [3.8, 4) is 5.75 Å². The lowest BCUT2D eigenvalue weighted by Crippen LogP contribution is -2.46. The standard InChI is InChI=1S/C13H19N3O3/c1-13(2,11(14)16-19)12(18)15-8-7-9-3-5-10(17)6-4-9/h3-6,17,19H,7-8H2,1-2H3,(H2,14,16)(H,15,18). The Hall–Kier alpha value is -2.24. The molecule has 0 unspecified atom stereocenters. The van der Waals surface area contributed by atoms with Gasteiger partial charge in [0.2, 0.25) is 5.91 Å². The minimum Gasteiger partial charge on any atom is -0.508 e. The molecule has 0 radical (unpaired) electrons. The molecule has 0 spiro atoms. The molecule has 0 bridgehead atoms. The Morgan fingerprint density at radius 2 is 1.95 bits per heavy atom. The highest BCUT2D eigenvalue weighted by Gasteiger charge is 2.32. The third-order valence-electron chi connectivity index (χ3n) is 2.95. The molecule has 0 aliphatic heterocycles. The number of nitrogens with one attached hydrogen (secondary N) is 1. The van der Waals surface area contributed by atoms with Crippen molar-refractivity contribution in [3.63, 3.8) is 0 Å². The molecule has 0 atom stereocenters. The lowest BCUT2D eigenvalue weighted by Gasteiger charge is -2.21. The van der Waals surface area contributed by atoms with Gasteiger partial charge in [0, 0.05) is 6.54 Å². The average Bonchev–Trinajstić information content (AvgIpc) is 2.39. The van der Waals surface area contributed by atoms with Crippen LogP contribution in [0.15, 0.2) is 29.4 Å². The van der Waals surface area contributed by atoms with Crippen molar-refractivity contribution in [2.45, 2.75) is 20.3 Å². The zero-order valence-electron chi connectivity index (χ0n) is 11.1. The highest BCUT2D eigenvalue weighted by Crippen LogP contribution is 2.15. The molecule has 0 aliphatic carbocycles. The smallest absolute Gasteiger partial charge is 0.233 e. The first kappa shape index (κ1) is 14.8. The molecule has 0 fully saturated rings. The zero-order chi connectivity index (χ0) is 14.5. The number of phenolic OH excluding ortho intramolecular Hbond substituents is 1. The predicted molar refractivity (Wildman–Crippen MR) is 72.0 cm³/mol. The molecule has 0 aliphatic rings. The summed E-state index contributed by atoms with van der Waals surface area (Å²) >= 11 is 0. The first-order valence-corrected chi connectivity index (χ1v) is 5.92. The first-order valence-electron chi connectivity index (χ1n) is 5.92. The van der Waals surface area contributed by atoms with Crippen molar-refractivity contribution in [1.29, 1.82) is 0 Å². The third-order valence-corrected chi connectivity index (χ3v) is 2.95. The van der Waals surface area contributed by atoms with Crippen molar-refractivity contribution < 1.29 is 15.1 Å². The maximum absolute atomic E-state index is 11.9. The Morgan fingerprint density at radius 1 is 1.37 bits per heavy atom. The molecule has 0 heterocycles. The van der Waals surface area contributed by atoms with Crippen molar-refractivity contribution in [2.75, 3.05) is 6.54 Å². The second kappa shape index (κ2) is 6.08. The molecular weight excluding hydrogens is 246 g/mol. The molecule has 6 heteroatoms. The number of benzene rings is 1. The Balaban J connectivity index is 2.49. The number of carbonyl (C=O) groups is 1. The van der Waals surface area contributed by atoms with E-state index in [2.05, 4.69) is 10.5 Å². The highest BCUT2D eigenvalue weighted by atomic mass is 16.4. The van der Waals surface area contributed by atoms with Crippen LogP contribution < -0.4 is 11.1 Å². The number of hydrogen-bond acceptors (Lipinski definition) is 4. The number of carbonyl (C=O) groups excluding carboxylic acids is 1. The van der Waals surface area contributed by atoms with E-state index in [9.17, 15) is 4.79 Å². The minimum atomic E-state index is -1.05. The largest absolute Gasteiger partial charge is 0.508 e. The fourth-order valence-electron chi connectivity index (χ4n) is 1.45. The Kier molecular flexibility index (Phi) is 4.74. The van der Waals surface area contributed by atoms with Crippen LogP contribution in [0.2, 0.25) is 0 Å². The molecule has 1 rings (SSSR count). The van der Waals surface area contributed by atoms with Crippen LogP contribution in [-0.4, -0.2) is 28.6 Å². The monoisotopic (exact) mass is 265 g/mol. The van der Waals surface area contributed by atoms with Gasteiger partial charge in [0.1, 0.15) is 11.2 Å². The number of amidine groups is 1. The summed E-state index contributed by atoms with van der Waals surface area (Å²) in [5.74, 6) is -0.225. The lowest BCUT2D eigenvalue weighted by molar-refractivity contribution is -0.126. The summed E-state index contributed by atoms with van der Waals surface area (Å²) in [6.45, 7) is 3.60. The van der Waals surface area contributed by atoms with E-state index in [4.69, 9.17) is 16.0 Å². The third kappa shape index (κ3) is 3.87. The molecule has 1 amide bonds. The summed E-state index contributed by atoms with van der Waals surface area (Å²) < 4.78 is 0. The number of amides is 1. The van der Waals surface area contributed by atoms with Crippen LogP contribution in [0.5, 0.6) is 5.75 Å². The summed E-state index contributed by atoms with van der Waals surface area (Å²) in [5, 5.41) is 23.3. The van der Waals surface area contributed by atoms with Crippen LogP contribution >= 0.6 is 0 Å². The van der Waals surface area contributed by atoms with Gasteiger partial charge in [-0.3, -0.25) is 4.79 Å². The highest BCUT2D eigenvalue weighted by molar-refractivity contribution is 6.05. The minimum absolute atomic E-state index is 0.130. The number of oxime groups is 1. The van der Waals surface area contributed by atoms with E-state index in [-0.39, 0.29) is 17.5 Å². The van der Waals surface area contributed by atoms with E-state index >= 15 is 0 Å². The average molecular weight is 265 g/mol. The number of aromatic hydroxyl groups is 1. The molecule has 104 valence electrons. The molecule has 6 nitrogen and oxygen atoms in total.